The Morgan fingerprint density at radius 1 is 0.938 bits per heavy atom. The molecule has 1 atom stereocenters. The molecule has 0 spiro atoms. The Bertz CT molecular complexity index is 871. The van der Waals surface area contributed by atoms with Gasteiger partial charge in [0.2, 0.25) is 0 Å². The highest BCUT2D eigenvalue weighted by Crippen LogP contribution is 2.24. The van der Waals surface area contributed by atoms with Crippen LogP contribution in [0.15, 0.2) is 88.5 Å². The van der Waals surface area contributed by atoms with Crippen LogP contribution in [0.4, 0.5) is 0 Å². The number of nitrogens with one attached hydrogen (secondary N) is 2. The summed E-state index contributed by atoms with van der Waals surface area (Å²) < 4.78 is 11.0. The van der Waals surface area contributed by atoms with E-state index in [1.165, 1.54) is 11.1 Å². The Kier molecular flexibility index (Phi) is 10.1. The van der Waals surface area contributed by atoms with Gasteiger partial charge in [0.25, 0.3) is 0 Å². The van der Waals surface area contributed by atoms with Crippen LogP contribution >= 0.6 is 24.0 Å². The monoisotopic (exact) mass is 545 g/mol. The minimum absolute atomic E-state index is 0. The molecular formula is C26H32IN3O2. The number of furan rings is 1. The van der Waals surface area contributed by atoms with E-state index in [0.717, 1.165) is 50.9 Å². The molecule has 6 heteroatoms. The highest BCUT2D eigenvalue weighted by molar-refractivity contribution is 14.0. The molecule has 2 aromatic carbocycles. The largest absolute Gasteiger partial charge is 0.469 e. The summed E-state index contributed by atoms with van der Waals surface area (Å²) in [5.74, 6) is 2.56. The lowest BCUT2D eigenvalue weighted by atomic mass is 9.91. The fourth-order valence-electron chi connectivity index (χ4n) is 3.88. The summed E-state index contributed by atoms with van der Waals surface area (Å²) in [5, 5.41) is 7.01. The van der Waals surface area contributed by atoms with E-state index in [4.69, 9.17) is 14.1 Å². The fourth-order valence-corrected chi connectivity index (χ4v) is 3.88. The molecule has 0 saturated carbocycles. The molecule has 5 nitrogen and oxygen atoms in total. The highest BCUT2D eigenvalue weighted by atomic mass is 127. The molecule has 1 aliphatic rings. The second-order valence-electron chi connectivity index (χ2n) is 7.93. The van der Waals surface area contributed by atoms with Gasteiger partial charge in [-0.15, -0.1) is 24.0 Å². The second kappa shape index (κ2) is 13.3. The highest BCUT2D eigenvalue weighted by Gasteiger charge is 2.17. The first-order valence-corrected chi connectivity index (χ1v) is 11.1. The van der Waals surface area contributed by atoms with Gasteiger partial charge in [0.1, 0.15) is 5.76 Å². The molecule has 0 radical (unpaired) electrons. The first kappa shape index (κ1) is 24.3. The standard InChI is InChI=1S/C26H31N3O2.HI/c1-3-8-22(9-4-1)25(23-10-5-2-6-11-23)19-29-26(28-18-21-14-17-30-20-21)27-15-13-24-12-7-16-31-24;/h1-12,16,21,25H,13-15,17-20H2,(H2,27,28,29);1H. The van der Waals surface area contributed by atoms with E-state index < -0.39 is 0 Å². The summed E-state index contributed by atoms with van der Waals surface area (Å²) >= 11 is 0. The molecule has 0 aliphatic carbocycles. The van der Waals surface area contributed by atoms with E-state index in [9.17, 15) is 0 Å². The van der Waals surface area contributed by atoms with Crippen molar-refractivity contribution in [3.05, 3.63) is 95.9 Å². The van der Waals surface area contributed by atoms with Crippen LogP contribution in [0.1, 0.15) is 29.2 Å². The summed E-state index contributed by atoms with van der Waals surface area (Å²) in [6, 6.07) is 25.1. The minimum Gasteiger partial charge on any atom is -0.469 e. The Labute approximate surface area is 207 Å². The van der Waals surface area contributed by atoms with Gasteiger partial charge in [0, 0.05) is 38.0 Å². The van der Waals surface area contributed by atoms with Crippen LogP contribution in [-0.4, -0.2) is 38.8 Å². The molecule has 2 N–H and O–H groups in total. The molecule has 1 fully saturated rings. The van der Waals surface area contributed by atoms with Crippen molar-refractivity contribution in [3.8, 4) is 0 Å². The average molecular weight is 545 g/mol. The van der Waals surface area contributed by atoms with Crippen LogP contribution in [0.5, 0.6) is 0 Å². The molecular weight excluding hydrogens is 513 g/mol. The topological polar surface area (TPSA) is 58.8 Å². The van der Waals surface area contributed by atoms with Gasteiger partial charge in [-0.2, -0.15) is 0 Å². The van der Waals surface area contributed by atoms with Crippen molar-refractivity contribution in [2.24, 2.45) is 10.9 Å². The van der Waals surface area contributed by atoms with Crippen molar-refractivity contribution in [1.29, 1.82) is 0 Å². The smallest absolute Gasteiger partial charge is 0.191 e. The third-order valence-electron chi connectivity index (χ3n) is 5.66. The number of halogens is 1. The van der Waals surface area contributed by atoms with Crippen LogP contribution in [0, 0.1) is 5.92 Å². The van der Waals surface area contributed by atoms with E-state index >= 15 is 0 Å². The first-order valence-electron chi connectivity index (χ1n) is 11.1. The van der Waals surface area contributed by atoms with E-state index in [1.54, 1.807) is 6.26 Å². The minimum atomic E-state index is 0. The van der Waals surface area contributed by atoms with Crippen molar-refractivity contribution in [1.82, 2.24) is 10.6 Å². The lowest BCUT2D eigenvalue weighted by molar-refractivity contribution is 0.186. The van der Waals surface area contributed by atoms with Gasteiger partial charge in [-0.05, 0) is 29.7 Å². The van der Waals surface area contributed by atoms with Crippen molar-refractivity contribution in [3.63, 3.8) is 0 Å². The van der Waals surface area contributed by atoms with Crippen LogP contribution < -0.4 is 10.6 Å². The van der Waals surface area contributed by atoms with Gasteiger partial charge in [0.05, 0.1) is 19.4 Å². The summed E-state index contributed by atoms with van der Waals surface area (Å²) in [5.41, 5.74) is 2.55. The molecule has 1 saturated heterocycles. The van der Waals surface area contributed by atoms with Crippen LogP contribution in [0.2, 0.25) is 0 Å². The normalized spacial score (nSPS) is 16.0. The maximum Gasteiger partial charge on any atom is 0.191 e. The number of nitrogens with zero attached hydrogens (tertiary/aromatic N) is 1. The molecule has 32 heavy (non-hydrogen) atoms. The Hall–Kier alpha value is -2.32. The molecule has 1 aliphatic heterocycles. The number of ether oxygens (including phenoxy) is 1. The van der Waals surface area contributed by atoms with E-state index in [1.807, 2.05) is 12.1 Å². The number of rotatable bonds is 9. The zero-order valence-corrected chi connectivity index (χ0v) is 20.6. The molecule has 170 valence electrons. The van der Waals surface area contributed by atoms with E-state index in [0.29, 0.717) is 12.5 Å². The van der Waals surface area contributed by atoms with Crippen molar-refractivity contribution in [2.75, 3.05) is 32.8 Å². The van der Waals surface area contributed by atoms with Gasteiger partial charge in [-0.25, -0.2) is 0 Å². The third kappa shape index (κ3) is 7.38. The van der Waals surface area contributed by atoms with E-state index in [-0.39, 0.29) is 29.9 Å². The predicted molar refractivity (Wildman–Crippen MR) is 140 cm³/mol. The van der Waals surface area contributed by atoms with Crippen LogP contribution in [0.3, 0.4) is 0 Å². The van der Waals surface area contributed by atoms with Crippen LogP contribution in [0.25, 0.3) is 0 Å². The Morgan fingerprint density at radius 3 is 2.25 bits per heavy atom. The summed E-state index contributed by atoms with van der Waals surface area (Å²) in [4.78, 5) is 4.98. The lowest BCUT2D eigenvalue weighted by Gasteiger charge is -2.19. The van der Waals surface area contributed by atoms with Gasteiger partial charge in [-0.3, -0.25) is 4.99 Å². The summed E-state index contributed by atoms with van der Waals surface area (Å²) in [6.45, 7) is 3.99. The SMILES string of the molecule is I.c1ccc(C(CN=C(NCCc2ccco2)NCC2CCOC2)c2ccccc2)cc1. The Balaban J connectivity index is 0.00000289. The average Bonchev–Trinajstić information content (AvgIpc) is 3.53. The van der Waals surface area contributed by atoms with Gasteiger partial charge in [-0.1, -0.05) is 60.7 Å². The number of benzene rings is 2. The quantitative estimate of drug-likeness (QED) is 0.230. The number of aliphatic imine (C=N–C) groups is 1. The fraction of sp³-hybridized carbons (Fsp3) is 0.346. The number of guanidine groups is 1. The van der Waals surface area contributed by atoms with Gasteiger partial charge >= 0.3 is 0 Å². The van der Waals surface area contributed by atoms with Crippen LogP contribution in [-0.2, 0) is 11.2 Å². The van der Waals surface area contributed by atoms with E-state index in [2.05, 4.69) is 71.3 Å². The zero-order valence-electron chi connectivity index (χ0n) is 18.3. The zero-order chi connectivity index (χ0) is 21.1. The van der Waals surface area contributed by atoms with Crippen molar-refractivity contribution < 1.29 is 9.15 Å². The molecule has 1 unspecified atom stereocenters. The molecule has 4 rings (SSSR count). The summed E-state index contributed by atoms with van der Waals surface area (Å²) in [6.07, 6.45) is 3.64. The maximum atomic E-state index is 5.52. The number of hydrogen-bond donors (Lipinski definition) is 2. The lowest BCUT2D eigenvalue weighted by Crippen LogP contribution is -2.41. The van der Waals surface area contributed by atoms with Gasteiger partial charge < -0.3 is 19.8 Å². The van der Waals surface area contributed by atoms with Gasteiger partial charge in [0.15, 0.2) is 5.96 Å². The van der Waals surface area contributed by atoms with Crippen molar-refractivity contribution in [2.45, 2.75) is 18.8 Å². The molecule has 3 aromatic rings. The Morgan fingerprint density at radius 2 is 1.66 bits per heavy atom. The van der Waals surface area contributed by atoms with Crippen molar-refractivity contribution >= 4 is 29.9 Å². The number of hydrogen-bond acceptors (Lipinski definition) is 3. The molecule has 0 amide bonds. The summed E-state index contributed by atoms with van der Waals surface area (Å²) in [7, 11) is 0. The maximum absolute atomic E-state index is 5.52. The third-order valence-corrected chi connectivity index (χ3v) is 5.66. The molecule has 1 aromatic heterocycles. The predicted octanol–water partition coefficient (Wildman–Crippen LogP) is 4.84. The second-order valence-corrected chi connectivity index (χ2v) is 7.93. The molecule has 2 heterocycles. The first-order chi connectivity index (χ1) is 15.4. The molecule has 0 bridgehead atoms.